The minimum absolute atomic E-state index is 0.0743. The van der Waals surface area contributed by atoms with E-state index < -0.39 is 22.5 Å². The van der Waals surface area contributed by atoms with Crippen molar-refractivity contribution in [3.05, 3.63) is 96.2 Å². The van der Waals surface area contributed by atoms with Gasteiger partial charge in [-0.1, -0.05) is 74.5 Å². The van der Waals surface area contributed by atoms with Crippen molar-refractivity contribution in [1.82, 2.24) is 9.97 Å². The van der Waals surface area contributed by atoms with Crippen molar-refractivity contribution in [2.75, 3.05) is 4.72 Å². The highest BCUT2D eigenvalue weighted by molar-refractivity contribution is 7.92. The average Bonchev–Trinajstić information content (AvgIpc) is 3.40. The van der Waals surface area contributed by atoms with Gasteiger partial charge in [-0.15, -0.1) is 13.2 Å². The Kier molecular flexibility index (Phi) is 8.15. The van der Waals surface area contributed by atoms with Crippen LogP contribution in [0.25, 0.3) is 22.5 Å². The van der Waals surface area contributed by atoms with Gasteiger partial charge in [0, 0.05) is 11.1 Å². The third-order valence-corrected chi connectivity index (χ3v) is 8.59. The molecule has 41 heavy (non-hydrogen) atoms. The summed E-state index contributed by atoms with van der Waals surface area (Å²) in [6, 6.07) is 23.3. The maximum atomic E-state index is 13.0. The van der Waals surface area contributed by atoms with Gasteiger partial charge in [0.1, 0.15) is 0 Å². The van der Waals surface area contributed by atoms with E-state index in [1.807, 2.05) is 48.5 Å². The number of rotatable bonds is 8. The molecule has 1 N–H and O–H groups in total. The van der Waals surface area contributed by atoms with Gasteiger partial charge in [0.05, 0.1) is 28.6 Å². The van der Waals surface area contributed by atoms with Crippen LogP contribution in [0.4, 0.5) is 19.0 Å². The number of anilines is 1. The number of sulfonamides is 1. The summed E-state index contributed by atoms with van der Waals surface area (Å²) in [5.74, 6) is 0.143. The highest BCUT2D eigenvalue weighted by Gasteiger charge is 2.37. The largest absolute Gasteiger partial charge is 0.522 e. The highest BCUT2D eigenvalue weighted by atomic mass is 32.2. The van der Waals surface area contributed by atoms with Crippen LogP contribution < -0.4 is 4.72 Å². The van der Waals surface area contributed by atoms with Crippen molar-refractivity contribution in [2.45, 2.75) is 62.3 Å². The molecule has 6 nitrogen and oxygen atoms in total. The summed E-state index contributed by atoms with van der Waals surface area (Å²) in [5, 5.41) is 0. The van der Waals surface area contributed by atoms with E-state index in [2.05, 4.69) is 28.3 Å². The number of hydrogen-bond acceptors (Lipinski definition) is 5. The molecular weight excluding hydrogens is 551 g/mol. The second kappa shape index (κ2) is 11.6. The molecule has 0 bridgehead atoms. The van der Waals surface area contributed by atoms with Gasteiger partial charge in [0.25, 0.3) is 10.0 Å². The van der Waals surface area contributed by atoms with Gasteiger partial charge >= 0.3 is 6.36 Å². The Balaban J connectivity index is 1.54. The lowest BCUT2D eigenvalue weighted by molar-refractivity contribution is -0.341. The van der Waals surface area contributed by atoms with Crippen LogP contribution >= 0.6 is 0 Å². The molecule has 0 unspecified atom stereocenters. The first-order valence-corrected chi connectivity index (χ1v) is 14.9. The summed E-state index contributed by atoms with van der Waals surface area (Å²) in [6.07, 6.45) is -2.95. The number of halogens is 3. The van der Waals surface area contributed by atoms with Crippen LogP contribution in [0, 0.1) is 0 Å². The van der Waals surface area contributed by atoms with Crippen molar-refractivity contribution in [3.8, 4) is 22.5 Å². The molecule has 0 spiro atoms. The normalized spacial score (nSPS) is 17.6. The molecule has 1 aliphatic rings. The van der Waals surface area contributed by atoms with E-state index >= 15 is 0 Å². The molecule has 1 saturated carbocycles. The molecule has 3 aromatic carbocycles. The van der Waals surface area contributed by atoms with Crippen molar-refractivity contribution in [1.29, 1.82) is 0 Å². The van der Waals surface area contributed by atoms with E-state index in [1.54, 1.807) is 18.2 Å². The third kappa shape index (κ3) is 6.77. The maximum absolute atomic E-state index is 13.0. The van der Waals surface area contributed by atoms with Crippen LogP contribution in [0.5, 0.6) is 0 Å². The monoisotopic (exact) mass is 581 g/mol. The number of aromatic nitrogens is 2. The minimum Gasteiger partial charge on any atom is -0.289 e. The third-order valence-electron chi connectivity index (χ3n) is 7.22. The quantitative estimate of drug-likeness (QED) is 0.229. The fraction of sp³-hybridized carbons (Fsp3) is 0.290. The molecule has 1 aromatic heterocycles. The first-order valence-electron chi connectivity index (χ1n) is 13.4. The summed E-state index contributed by atoms with van der Waals surface area (Å²) in [6.45, 7) is 4.13. The molecular formula is C31H30F3N3O3S. The van der Waals surface area contributed by atoms with Crippen molar-refractivity contribution in [2.24, 2.45) is 0 Å². The SMILES string of the molecule is CC(C)c1ccccc1-c1nc(NS(=O)(=O)c2ccccc2)cnc1-c1cccc([C@@H]2CC[C@@H](OC(F)(F)F)C2)c1. The Labute approximate surface area is 237 Å². The van der Waals surface area contributed by atoms with Crippen LogP contribution in [0.2, 0.25) is 0 Å². The van der Waals surface area contributed by atoms with Gasteiger partial charge in [0.15, 0.2) is 5.82 Å². The molecule has 5 rings (SSSR count). The molecule has 0 amide bonds. The van der Waals surface area contributed by atoms with Crippen LogP contribution in [0.15, 0.2) is 90.0 Å². The second-order valence-corrected chi connectivity index (χ2v) is 12.1. The second-order valence-electron chi connectivity index (χ2n) is 10.4. The molecule has 1 aliphatic carbocycles. The highest BCUT2D eigenvalue weighted by Crippen LogP contribution is 2.41. The number of hydrogen-bond donors (Lipinski definition) is 1. The number of nitrogens with zero attached hydrogens (tertiary/aromatic N) is 2. The zero-order chi connectivity index (χ0) is 29.2. The van der Waals surface area contributed by atoms with Gasteiger partial charge in [0.2, 0.25) is 0 Å². The van der Waals surface area contributed by atoms with Crippen LogP contribution in [0.3, 0.4) is 0 Å². The van der Waals surface area contributed by atoms with Gasteiger partial charge in [-0.25, -0.2) is 13.4 Å². The lowest BCUT2D eigenvalue weighted by Gasteiger charge is -2.18. The molecule has 10 heteroatoms. The summed E-state index contributed by atoms with van der Waals surface area (Å²) >= 11 is 0. The van der Waals surface area contributed by atoms with E-state index in [4.69, 9.17) is 4.98 Å². The van der Waals surface area contributed by atoms with Gasteiger partial charge < -0.3 is 0 Å². The number of benzene rings is 3. The van der Waals surface area contributed by atoms with Crippen LogP contribution in [0.1, 0.15) is 56.1 Å². The fourth-order valence-corrected chi connectivity index (χ4v) is 6.34. The summed E-state index contributed by atoms with van der Waals surface area (Å²) in [4.78, 5) is 9.53. The predicted octanol–water partition coefficient (Wildman–Crippen LogP) is 7.91. The Morgan fingerprint density at radius 2 is 1.66 bits per heavy atom. The van der Waals surface area contributed by atoms with E-state index in [0.29, 0.717) is 24.2 Å². The predicted molar refractivity (Wildman–Crippen MR) is 152 cm³/mol. The lowest BCUT2D eigenvalue weighted by atomic mass is 9.91. The maximum Gasteiger partial charge on any atom is 0.522 e. The smallest absolute Gasteiger partial charge is 0.289 e. The molecule has 214 valence electrons. The molecule has 0 aliphatic heterocycles. The Morgan fingerprint density at radius 3 is 2.39 bits per heavy atom. The Hall–Kier alpha value is -3.76. The van der Waals surface area contributed by atoms with E-state index in [0.717, 1.165) is 22.3 Å². The zero-order valence-corrected chi connectivity index (χ0v) is 23.4. The van der Waals surface area contributed by atoms with Crippen LogP contribution in [-0.2, 0) is 14.8 Å². The Bertz CT molecular complexity index is 1630. The molecule has 0 radical (unpaired) electrons. The molecule has 0 saturated heterocycles. The summed E-state index contributed by atoms with van der Waals surface area (Å²) in [7, 11) is -3.90. The van der Waals surface area contributed by atoms with Crippen molar-refractivity contribution in [3.63, 3.8) is 0 Å². The fourth-order valence-electron chi connectivity index (χ4n) is 5.33. The topological polar surface area (TPSA) is 81.2 Å². The molecule has 4 aromatic rings. The average molecular weight is 582 g/mol. The standard InChI is InChI=1S/C31H30F3N3O3S/c1-20(2)26-13-6-7-14-27(26)30-29(35-19-28(36-30)37-41(38,39)25-11-4-3-5-12-25)23-10-8-9-21(17-23)22-15-16-24(18-22)40-31(32,33)34/h3-14,17,19-20,22,24H,15-16,18H2,1-2H3,(H,36,37)/t22-,24-/m1/s1. The van der Waals surface area contributed by atoms with Gasteiger partial charge in [-0.2, -0.15) is 0 Å². The van der Waals surface area contributed by atoms with E-state index in [9.17, 15) is 21.6 Å². The molecule has 1 heterocycles. The lowest BCUT2D eigenvalue weighted by Crippen LogP contribution is -2.21. The summed E-state index contributed by atoms with van der Waals surface area (Å²) in [5.41, 5.74) is 4.52. The van der Waals surface area contributed by atoms with E-state index in [1.165, 1.54) is 18.3 Å². The first kappa shape index (κ1) is 28.8. The number of alkyl halides is 3. The zero-order valence-electron chi connectivity index (χ0n) is 22.6. The number of ether oxygens (including phenoxy) is 1. The Morgan fingerprint density at radius 1 is 0.927 bits per heavy atom. The first-order chi connectivity index (χ1) is 19.5. The minimum atomic E-state index is -4.65. The molecule has 1 fully saturated rings. The summed E-state index contributed by atoms with van der Waals surface area (Å²) < 4.78 is 71.2. The van der Waals surface area contributed by atoms with Gasteiger partial charge in [-0.05, 0) is 60.4 Å². The van der Waals surface area contributed by atoms with Crippen molar-refractivity contribution < 1.29 is 26.3 Å². The molecule has 2 atom stereocenters. The van der Waals surface area contributed by atoms with Gasteiger partial charge in [-0.3, -0.25) is 14.4 Å². The van der Waals surface area contributed by atoms with Crippen molar-refractivity contribution >= 4 is 15.8 Å². The number of nitrogens with one attached hydrogen (secondary N) is 1. The van der Waals surface area contributed by atoms with E-state index in [-0.39, 0.29) is 29.0 Å². The van der Waals surface area contributed by atoms with Crippen LogP contribution in [-0.4, -0.2) is 30.9 Å².